The highest BCUT2D eigenvalue weighted by molar-refractivity contribution is 6.20. The van der Waals surface area contributed by atoms with Crippen LogP contribution in [0.5, 0.6) is 0 Å². The fourth-order valence-electron chi connectivity index (χ4n) is 0.806. The van der Waals surface area contributed by atoms with Crippen molar-refractivity contribution < 1.29 is 14.3 Å². The zero-order valence-corrected chi connectivity index (χ0v) is 6.87. The Kier molecular flexibility index (Phi) is 2.96. The molecule has 1 heterocycles. The number of ether oxygens (including phenoxy) is 2. The molecular formula is C6H9ClNO3. The third-order valence-electron chi connectivity index (χ3n) is 1.34. The minimum atomic E-state index is -0.456. The standard InChI is InChI=1S/C6H9ClNO3/c1-10-6(9)8-2-3-11-5(7)4-8/h3,5H,2,4H2,1H3. The molecule has 4 nitrogen and oxygen atoms in total. The summed E-state index contributed by atoms with van der Waals surface area (Å²) in [6.45, 7) is 2.28. The molecule has 63 valence electrons. The first-order chi connectivity index (χ1) is 5.24. The second-order valence-corrected chi connectivity index (χ2v) is 2.57. The van der Waals surface area contributed by atoms with Gasteiger partial charge in [0.25, 0.3) is 0 Å². The maximum absolute atomic E-state index is 10.9. The van der Waals surface area contributed by atoms with Gasteiger partial charge in [-0.05, 0) is 0 Å². The smallest absolute Gasteiger partial charge is 0.409 e. The molecule has 0 bridgehead atoms. The van der Waals surface area contributed by atoms with Crippen LogP contribution in [0.2, 0.25) is 0 Å². The SMILES string of the molecule is COC(=O)N1C[CH]OC(Cl)C1. The molecule has 1 atom stereocenters. The summed E-state index contributed by atoms with van der Waals surface area (Å²) in [7, 11) is 1.33. The fraction of sp³-hybridized carbons (Fsp3) is 0.667. The molecule has 1 unspecified atom stereocenters. The fourth-order valence-corrected chi connectivity index (χ4v) is 1.05. The van der Waals surface area contributed by atoms with E-state index in [0.29, 0.717) is 13.1 Å². The van der Waals surface area contributed by atoms with E-state index >= 15 is 0 Å². The average molecular weight is 179 g/mol. The van der Waals surface area contributed by atoms with Crippen LogP contribution in [0.25, 0.3) is 0 Å². The molecule has 0 aromatic rings. The van der Waals surface area contributed by atoms with E-state index in [1.807, 2.05) is 0 Å². The zero-order chi connectivity index (χ0) is 8.27. The molecule has 0 aromatic heterocycles. The first kappa shape index (κ1) is 8.62. The third kappa shape index (κ3) is 2.24. The van der Waals surface area contributed by atoms with Gasteiger partial charge in [0.05, 0.1) is 20.2 Å². The highest BCUT2D eigenvalue weighted by Gasteiger charge is 2.22. The largest absolute Gasteiger partial charge is 0.453 e. The number of amides is 1. The van der Waals surface area contributed by atoms with Crippen molar-refractivity contribution in [1.29, 1.82) is 0 Å². The monoisotopic (exact) mass is 178 g/mol. The van der Waals surface area contributed by atoms with Gasteiger partial charge in [0.15, 0.2) is 0 Å². The van der Waals surface area contributed by atoms with Gasteiger partial charge < -0.3 is 14.4 Å². The second kappa shape index (κ2) is 3.78. The van der Waals surface area contributed by atoms with Crippen LogP contribution < -0.4 is 0 Å². The quantitative estimate of drug-likeness (QED) is 0.516. The van der Waals surface area contributed by atoms with Gasteiger partial charge in [0.2, 0.25) is 0 Å². The Hall–Kier alpha value is -0.480. The normalized spacial score (nSPS) is 24.9. The highest BCUT2D eigenvalue weighted by atomic mass is 35.5. The first-order valence-electron chi connectivity index (χ1n) is 3.18. The molecule has 0 N–H and O–H groups in total. The molecule has 0 spiro atoms. The number of rotatable bonds is 0. The van der Waals surface area contributed by atoms with Crippen LogP contribution in [0.1, 0.15) is 0 Å². The van der Waals surface area contributed by atoms with E-state index < -0.39 is 5.56 Å². The van der Waals surface area contributed by atoms with E-state index in [1.54, 1.807) is 0 Å². The van der Waals surface area contributed by atoms with Crippen LogP contribution in [0.15, 0.2) is 0 Å². The lowest BCUT2D eigenvalue weighted by Gasteiger charge is -2.27. The first-order valence-corrected chi connectivity index (χ1v) is 3.62. The molecule has 1 aliphatic heterocycles. The Labute approximate surface area is 70.0 Å². The van der Waals surface area contributed by atoms with E-state index in [1.165, 1.54) is 18.6 Å². The van der Waals surface area contributed by atoms with Gasteiger partial charge in [-0.25, -0.2) is 4.79 Å². The van der Waals surface area contributed by atoms with Crippen LogP contribution >= 0.6 is 11.6 Å². The lowest BCUT2D eigenvalue weighted by Crippen LogP contribution is -2.41. The number of hydrogen-bond acceptors (Lipinski definition) is 3. The molecule has 1 rings (SSSR count). The summed E-state index contributed by atoms with van der Waals surface area (Å²) in [5, 5.41) is 0. The van der Waals surface area contributed by atoms with Crippen LogP contribution in [-0.4, -0.2) is 36.8 Å². The van der Waals surface area contributed by atoms with E-state index in [0.717, 1.165) is 0 Å². The van der Waals surface area contributed by atoms with Crippen molar-refractivity contribution in [1.82, 2.24) is 4.90 Å². The molecule has 1 fully saturated rings. The molecule has 1 amide bonds. The van der Waals surface area contributed by atoms with Crippen molar-refractivity contribution >= 4 is 17.7 Å². The molecule has 0 aromatic carbocycles. The summed E-state index contributed by atoms with van der Waals surface area (Å²) < 4.78 is 9.38. The number of halogens is 1. The minimum absolute atomic E-state index is 0.366. The van der Waals surface area contributed by atoms with Crippen LogP contribution in [0, 0.1) is 6.61 Å². The molecule has 1 radical (unpaired) electrons. The number of carbonyl (C=O) groups excluding carboxylic acids is 1. The molecule has 0 aliphatic carbocycles. The van der Waals surface area contributed by atoms with E-state index in [-0.39, 0.29) is 6.09 Å². The lowest BCUT2D eigenvalue weighted by molar-refractivity contribution is 0.0505. The maximum Gasteiger partial charge on any atom is 0.409 e. The Morgan fingerprint density at radius 1 is 1.91 bits per heavy atom. The topological polar surface area (TPSA) is 38.8 Å². The molecular weight excluding hydrogens is 170 g/mol. The van der Waals surface area contributed by atoms with Crippen LogP contribution in [0.3, 0.4) is 0 Å². The van der Waals surface area contributed by atoms with Crippen molar-refractivity contribution in [3.8, 4) is 0 Å². The van der Waals surface area contributed by atoms with Crippen molar-refractivity contribution in [2.75, 3.05) is 20.2 Å². The van der Waals surface area contributed by atoms with Gasteiger partial charge in [-0.1, -0.05) is 11.6 Å². The van der Waals surface area contributed by atoms with Crippen LogP contribution in [0.4, 0.5) is 4.79 Å². The van der Waals surface area contributed by atoms with Gasteiger partial charge >= 0.3 is 6.09 Å². The summed E-state index contributed by atoms with van der Waals surface area (Å²) in [5.41, 5.74) is -0.456. The van der Waals surface area contributed by atoms with Gasteiger partial charge in [-0.3, -0.25) is 0 Å². The maximum atomic E-state index is 10.9. The predicted octanol–water partition coefficient (Wildman–Crippen LogP) is 0.812. The second-order valence-electron chi connectivity index (χ2n) is 2.09. The summed E-state index contributed by atoms with van der Waals surface area (Å²) in [4.78, 5) is 12.3. The highest BCUT2D eigenvalue weighted by Crippen LogP contribution is 2.11. The summed E-state index contributed by atoms with van der Waals surface area (Å²) >= 11 is 5.61. The summed E-state index contributed by atoms with van der Waals surface area (Å²) in [6, 6.07) is 0. The zero-order valence-electron chi connectivity index (χ0n) is 6.12. The Bertz CT molecular complexity index is 153. The summed E-state index contributed by atoms with van der Waals surface area (Å²) in [6.07, 6.45) is -0.379. The molecule has 11 heavy (non-hydrogen) atoms. The molecule has 1 saturated heterocycles. The Morgan fingerprint density at radius 2 is 2.64 bits per heavy atom. The molecule has 1 aliphatic rings. The lowest BCUT2D eigenvalue weighted by atomic mass is 10.4. The Balaban J connectivity index is 2.39. The van der Waals surface area contributed by atoms with Crippen molar-refractivity contribution in [2.45, 2.75) is 5.56 Å². The molecule has 0 saturated carbocycles. The third-order valence-corrected chi connectivity index (χ3v) is 1.58. The number of hydrogen-bond donors (Lipinski definition) is 0. The summed E-state index contributed by atoms with van der Waals surface area (Å²) in [5.74, 6) is 0. The van der Waals surface area contributed by atoms with Gasteiger partial charge in [0, 0.05) is 0 Å². The average Bonchev–Trinajstić information content (AvgIpc) is 2.03. The Morgan fingerprint density at radius 3 is 3.18 bits per heavy atom. The minimum Gasteiger partial charge on any atom is -0.453 e. The number of methoxy groups -OCH3 is 1. The van der Waals surface area contributed by atoms with E-state index in [2.05, 4.69) is 4.74 Å². The van der Waals surface area contributed by atoms with Crippen molar-refractivity contribution in [3.63, 3.8) is 0 Å². The number of carbonyl (C=O) groups is 1. The van der Waals surface area contributed by atoms with E-state index in [4.69, 9.17) is 16.3 Å². The van der Waals surface area contributed by atoms with Crippen LogP contribution in [-0.2, 0) is 9.47 Å². The number of alkyl halides is 1. The number of nitrogens with zero attached hydrogens (tertiary/aromatic N) is 1. The van der Waals surface area contributed by atoms with Gasteiger partial charge in [-0.2, -0.15) is 0 Å². The molecule has 5 heteroatoms. The van der Waals surface area contributed by atoms with Gasteiger partial charge in [0.1, 0.15) is 12.2 Å². The van der Waals surface area contributed by atoms with E-state index in [9.17, 15) is 4.79 Å². The van der Waals surface area contributed by atoms with Gasteiger partial charge in [-0.15, -0.1) is 0 Å². The van der Waals surface area contributed by atoms with Crippen molar-refractivity contribution in [3.05, 3.63) is 6.61 Å². The predicted molar refractivity (Wildman–Crippen MR) is 39.0 cm³/mol. The number of morpholine rings is 1. The van der Waals surface area contributed by atoms with Crippen molar-refractivity contribution in [2.24, 2.45) is 0 Å².